The first-order valence-electron chi connectivity index (χ1n) is 5.72. The Morgan fingerprint density at radius 1 is 1.41 bits per heavy atom. The molecule has 0 aliphatic carbocycles. The monoisotopic (exact) mass is 245 g/mol. The number of hydrazine groups is 2. The van der Waals surface area contributed by atoms with E-state index in [1.54, 1.807) is 14.2 Å². The largest absolute Gasteiger partial charge is 0.482 e. The molecule has 0 bridgehead atoms. The first-order chi connectivity index (χ1) is 8.18. The summed E-state index contributed by atoms with van der Waals surface area (Å²) in [4.78, 5) is 0. The van der Waals surface area contributed by atoms with Crippen molar-refractivity contribution in [3.63, 3.8) is 0 Å². The van der Waals surface area contributed by atoms with Gasteiger partial charge in [0.15, 0.2) is 6.23 Å². The van der Waals surface area contributed by atoms with E-state index in [2.05, 4.69) is 17.9 Å². The summed E-state index contributed by atoms with van der Waals surface area (Å²) in [6.07, 6.45) is 1.66. The molecule has 17 heavy (non-hydrogen) atoms. The topological polar surface area (TPSA) is 55.0 Å². The molecular formula is C10H21N4O3+. The van der Waals surface area contributed by atoms with Crippen LogP contribution in [0.15, 0.2) is 12.0 Å². The summed E-state index contributed by atoms with van der Waals surface area (Å²) in [6, 6.07) is 0. The van der Waals surface area contributed by atoms with Gasteiger partial charge in [0.1, 0.15) is 13.1 Å². The highest BCUT2D eigenvalue weighted by molar-refractivity contribution is 4.96. The van der Waals surface area contributed by atoms with Crippen LogP contribution in [0.2, 0.25) is 0 Å². The molecule has 0 amide bonds. The molecule has 1 saturated heterocycles. The first kappa shape index (κ1) is 12.6. The number of nitrogens with one attached hydrogen (secondary N) is 2. The van der Waals surface area contributed by atoms with E-state index in [1.165, 1.54) is 0 Å². The van der Waals surface area contributed by atoms with E-state index in [0.29, 0.717) is 10.5 Å². The van der Waals surface area contributed by atoms with Crippen LogP contribution >= 0.6 is 0 Å². The first-order valence-corrected chi connectivity index (χ1v) is 5.72. The average molecular weight is 245 g/mol. The van der Waals surface area contributed by atoms with Crippen molar-refractivity contribution in [3.05, 3.63) is 12.0 Å². The quantitative estimate of drug-likeness (QED) is 0.633. The van der Waals surface area contributed by atoms with Gasteiger partial charge in [-0.1, -0.05) is 0 Å². The van der Waals surface area contributed by atoms with Gasteiger partial charge in [-0.2, -0.15) is 5.43 Å². The Balaban J connectivity index is 2.08. The van der Waals surface area contributed by atoms with Gasteiger partial charge in [0, 0.05) is 18.4 Å². The minimum Gasteiger partial charge on any atom is -0.482 e. The van der Waals surface area contributed by atoms with Crippen LogP contribution < -0.4 is 10.9 Å². The van der Waals surface area contributed by atoms with Crippen LogP contribution in [0.4, 0.5) is 0 Å². The van der Waals surface area contributed by atoms with Gasteiger partial charge in [0.05, 0.1) is 27.4 Å². The Kier molecular flexibility index (Phi) is 3.85. The fourth-order valence-electron chi connectivity index (χ4n) is 1.90. The normalized spacial score (nSPS) is 29.4. The molecule has 0 aromatic heterocycles. The summed E-state index contributed by atoms with van der Waals surface area (Å²) in [7, 11) is 5.42. The average Bonchev–Trinajstić information content (AvgIpc) is 2.39. The Bertz CT molecular complexity index is 291. The van der Waals surface area contributed by atoms with Crippen LogP contribution in [0.1, 0.15) is 0 Å². The van der Waals surface area contributed by atoms with E-state index in [-0.39, 0.29) is 6.23 Å². The molecule has 98 valence electrons. The zero-order chi connectivity index (χ0) is 12.3. The van der Waals surface area contributed by atoms with Crippen LogP contribution in [0.5, 0.6) is 0 Å². The molecule has 2 aliphatic rings. The van der Waals surface area contributed by atoms with Crippen molar-refractivity contribution >= 4 is 0 Å². The van der Waals surface area contributed by atoms with Crippen molar-refractivity contribution in [3.8, 4) is 0 Å². The standard InChI is InChI=1S/C10H21N4O3/c1-14(4-6-17-7-5-14)13-11-9(15-2)8-10(12-13)16-3/h8-9,11-12H,4-7H2,1-3H3/q+1. The van der Waals surface area contributed by atoms with Crippen LogP contribution in [-0.4, -0.2) is 63.6 Å². The number of quaternary nitrogens is 1. The predicted molar refractivity (Wildman–Crippen MR) is 60.7 cm³/mol. The molecule has 2 heterocycles. The van der Waals surface area contributed by atoms with Gasteiger partial charge in [-0.05, 0) is 0 Å². The lowest BCUT2D eigenvalue weighted by molar-refractivity contribution is -1.04. The molecule has 1 unspecified atom stereocenters. The third kappa shape index (κ3) is 2.70. The molecule has 2 aliphatic heterocycles. The Labute approximate surface area is 101 Å². The molecule has 1 fully saturated rings. The maximum absolute atomic E-state index is 5.39. The van der Waals surface area contributed by atoms with Gasteiger partial charge in [-0.15, -0.1) is 0 Å². The number of methoxy groups -OCH3 is 2. The number of hydrogen-bond acceptors (Lipinski definition) is 6. The van der Waals surface area contributed by atoms with Crippen molar-refractivity contribution in [1.29, 1.82) is 0 Å². The second kappa shape index (κ2) is 5.19. The zero-order valence-corrected chi connectivity index (χ0v) is 10.6. The van der Waals surface area contributed by atoms with E-state index >= 15 is 0 Å². The maximum atomic E-state index is 5.39. The van der Waals surface area contributed by atoms with Gasteiger partial charge < -0.3 is 14.2 Å². The summed E-state index contributed by atoms with van der Waals surface area (Å²) < 4.78 is 16.6. The lowest BCUT2D eigenvalue weighted by Gasteiger charge is -2.46. The molecule has 2 N–H and O–H groups in total. The van der Waals surface area contributed by atoms with Gasteiger partial charge in [0.2, 0.25) is 5.88 Å². The molecular weight excluding hydrogens is 224 g/mol. The van der Waals surface area contributed by atoms with E-state index in [9.17, 15) is 0 Å². The van der Waals surface area contributed by atoms with Gasteiger partial charge >= 0.3 is 0 Å². The fraction of sp³-hybridized carbons (Fsp3) is 0.800. The highest BCUT2D eigenvalue weighted by Gasteiger charge is 2.37. The molecule has 0 saturated carbocycles. The van der Waals surface area contributed by atoms with Crippen molar-refractivity contribution in [2.24, 2.45) is 0 Å². The lowest BCUT2D eigenvalue weighted by atomic mass is 10.4. The SMILES string of the molecule is COC1=CC(OC)NN([N+]2(C)CCOCC2)N1. The molecule has 7 heteroatoms. The third-order valence-electron chi connectivity index (χ3n) is 3.16. The van der Waals surface area contributed by atoms with Crippen LogP contribution in [-0.2, 0) is 14.2 Å². The minimum absolute atomic E-state index is 0.191. The summed E-state index contributed by atoms with van der Waals surface area (Å²) in [6.45, 7) is 3.29. The summed E-state index contributed by atoms with van der Waals surface area (Å²) in [5.74, 6) is 0.682. The van der Waals surface area contributed by atoms with Gasteiger partial charge in [-0.25, -0.2) is 10.0 Å². The van der Waals surface area contributed by atoms with Crippen molar-refractivity contribution in [1.82, 2.24) is 16.1 Å². The number of likely N-dealkylation sites (N-methyl/N-ethyl adjacent to an activating group) is 1. The van der Waals surface area contributed by atoms with Gasteiger partial charge in [0.25, 0.3) is 0 Å². The predicted octanol–water partition coefficient (Wildman–Crippen LogP) is -0.837. The van der Waals surface area contributed by atoms with Crippen molar-refractivity contribution in [2.45, 2.75) is 6.23 Å². The number of ether oxygens (including phenoxy) is 3. The number of nitrogens with zero attached hydrogens (tertiary/aromatic N) is 2. The third-order valence-corrected chi connectivity index (χ3v) is 3.16. The molecule has 0 aromatic rings. The second-order valence-corrected chi connectivity index (χ2v) is 4.34. The van der Waals surface area contributed by atoms with E-state index < -0.39 is 0 Å². The van der Waals surface area contributed by atoms with Crippen molar-refractivity contribution in [2.75, 3.05) is 47.6 Å². The minimum atomic E-state index is -0.191. The maximum Gasteiger partial charge on any atom is 0.206 e. The molecule has 2 rings (SSSR count). The van der Waals surface area contributed by atoms with E-state index in [1.807, 2.05) is 11.3 Å². The Morgan fingerprint density at radius 3 is 2.71 bits per heavy atom. The smallest absolute Gasteiger partial charge is 0.206 e. The molecule has 1 atom stereocenters. The zero-order valence-electron chi connectivity index (χ0n) is 10.6. The van der Waals surface area contributed by atoms with Gasteiger partial charge in [-0.3, -0.25) is 0 Å². The van der Waals surface area contributed by atoms with E-state index in [4.69, 9.17) is 14.2 Å². The number of morpholine rings is 1. The lowest BCUT2D eigenvalue weighted by Crippen LogP contribution is -2.73. The van der Waals surface area contributed by atoms with E-state index in [0.717, 1.165) is 26.3 Å². The molecule has 7 nitrogen and oxygen atoms in total. The molecule has 0 spiro atoms. The highest BCUT2D eigenvalue weighted by Crippen LogP contribution is 2.14. The molecule has 0 radical (unpaired) electrons. The number of rotatable bonds is 3. The van der Waals surface area contributed by atoms with Crippen molar-refractivity contribution < 1.29 is 18.8 Å². The van der Waals surface area contributed by atoms with Crippen LogP contribution in [0, 0.1) is 0 Å². The summed E-state index contributed by atoms with van der Waals surface area (Å²) in [5.41, 5.74) is 6.41. The summed E-state index contributed by atoms with van der Waals surface area (Å²) >= 11 is 0. The van der Waals surface area contributed by atoms with Crippen LogP contribution in [0.3, 0.4) is 0 Å². The Morgan fingerprint density at radius 2 is 2.12 bits per heavy atom. The molecule has 0 aromatic carbocycles. The second-order valence-electron chi connectivity index (χ2n) is 4.34. The summed E-state index contributed by atoms with van der Waals surface area (Å²) in [5, 5.41) is 1.91. The fourth-order valence-corrected chi connectivity index (χ4v) is 1.90. The Hall–Kier alpha value is -0.860. The van der Waals surface area contributed by atoms with Crippen LogP contribution in [0.25, 0.3) is 0 Å². The number of hydrogen-bond donors (Lipinski definition) is 2. The highest BCUT2D eigenvalue weighted by atomic mass is 16.5.